The Kier molecular flexibility index (Phi) is 4.45. The fourth-order valence-electron chi connectivity index (χ4n) is 2.21. The normalized spacial score (nSPS) is 19.7. The number of carbonyl (C=O) groups is 1. The molecular formula is C14H19ClN2O2. The summed E-state index contributed by atoms with van der Waals surface area (Å²) < 4.78 is 5.24. The van der Waals surface area contributed by atoms with Gasteiger partial charge in [-0.2, -0.15) is 0 Å². The van der Waals surface area contributed by atoms with Gasteiger partial charge >= 0.3 is 0 Å². The van der Waals surface area contributed by atoms with E-state index in [0.717, 1.165) is 5.56 Å². The van der Waals surface area contributed by atoms with E-state index >= 15 is 0 Å². The number of nitrogens with one attached hydrogen (secondary N) is 1. The molecule has 1 aromatic carbocycles. The van der Waals surface area contributed by atoms with Gasteiger partial charge in [0.2, 0.25) is 5.91 Å². The molecule has 0 unspecified atom stereocenters. The van der Waals surface area contributed by atoms with Gasteiger partial charge in [-0.25, -0.2) is 0 Å². The van der Waals surface area contributed by atoms with E-state index in [1.807, 2.05) is 31.2 Å². The molecule has 1 amide bonds. The lowest BCUT2D eigenvalue weighted by molar-refractivity contribution is -0.130. The summed E-state index contributed by atoms with van der Waals surface area (Å²) >= 11 is 6.12. The maximum Gasteiger partial charge on any atom is 0.240 e. The van der Waals surface area contributed by atoms with E-state index in [1.54, 1.807) is 0 Å². The van der Waals surface area contributed by atoms with Gasteiger partial charge in [0.25, 0.3) is 0 Å². The van der Waals surface area contributed by atoms with Gasteiger partial charge in [-0.1, -0.05) is 29.8 Å². The van der Waals surface area contributed by atoms with E-state index in [9.17, 15) is 4.79 Å². The maximum absolute atomic E-state index is 12.3. The minimum atomic E-state index is -0.826. The molecule has 1 aliphatic heterocycles. The smallest absolute Gasteiger partial charge is 0.240 e. The number of halogens is 1. The molecule has 0 aromatic heterocycles. The zero-order valence-corrected chi connectivity index (χ0v) is 11.7. The van der Waals surface area contributed by atoms with Gasteiger partial charge in [0.15, 0.2) is 0 Å². The molecule has 0 bridgehead atoms. The van der Waals surface area contributed by atoms with Crippen LogP contribution in [0, 0.1) is 0 Å². The number of rotatable bonds is 3. The molecule has 1 aliphatic rings. The maximum atomic E-state index is 12.3. The Morgan fingerprint density at radius 2 is 2.05 bits per heavy atom. The van der Waals surface area contributed by atoms with Gasteiger partial charge in [-0.05, 0) is 31.4 Å². The van der Waals surface area contributed by atoms with Gasteiger partial charge in [-0.15, -0.1) is 0 Å². The first kappa shape index (κ1) is 14.3. The van der Waals surface area contributed by atoms with Crippen LogP contribution in [-0.2, 0) is 9.53 Å². The van der Waals surface area contributed by atoms with Gasteiger partial charge < -0.3 is 15.8 Å². The van der Waals surface area contributed by atoms with Gasteiger partial charge in [-0.3, -0.25) is 4.79 Å². The van der Waals surface area contributed by atoms with Crippen LogP contribution in [0.15, 0.2) is 24.3 Å². The largest absolute Gasteiger partial charge is 0.381 e. The monoisotopic (exact) mass is 282 g/mol. The van der Waals surface area contributed by atoms with Crippen molar-refractivity contribution in [1.29, 1.82) is 0 Å². The molecular weight excluding hydrogens is 264 g/mol. The third-order valence-corrected chi connectivity index (χ3v) is 3.90. The third-order valence-electron chi connectivity index (χ3n) is 3.56. The lowest BCUT2D eigenvalue weighted by atomic mass is 9.90. The van der Waals surface area contributed by atoms with Crippen molar-refractivity contribution in [1.82, 2.24) is 5.32 Å². The lowest BCUT2D eigenvalue weighted by Crippen LogP contribution is -2.57. The third kappa shape index (κ3) is 3.26. The zero-order chi connectivity index (χ0) is 13.9. The fourth-order valence-corrected chi connectivity index (χ4v) is 2.51. The van der Waals surface area contributed by atoms with Crippen molar-refractivity contribution in [3.8, 4) is 0 Å². The highest BCUT2D eigenvalue weighted by Gasteiger charge is 2.36. The van der Waals surface area contributed by atoms with E-state index < -0.39 is 5.54 Å². The second kappa shape index (κ2) is 5.90. The van der Waals surface area contributed by atoms with Crippen molar-refractivity contribution < 1.29 is 9.53 Å². The standard InChI is InChI=1S/C14H19ClN2O2/c1-10(11-4-2-3-5-12(11)15)17-13(18)14(16)6-8-19-9-7-14/h2-5,10H,6-9,16H2,1H3,(H,17,18)/t10-/m0/s1. The predicted octanol–water partition coefficient (Wildman–Crippen LogP) is 2.03. The van der Waals surface area contributed by atoms with Crippen LogP contribution in [0.2, 0.25) is 5.02 Å². The molecule has 1 saturated heterocycles. The number of amides is 1. The van der Waals surface area contributed by atoms with Crippen LogP contribution >= 0.6 is 11.6 Å². The van der Waals surface area contributed by atoms with Crippen LogP contribution in [-0.4, -0.2) is 24.7 Å². The molecule has 0 spiro atoms. The lowest BCUT2D eigenvalue weighted by Gasteiger charge is -2.33. The number of nitrogens with two attached hydrogens (primary N) is 1. The van der Waals surface area contributed by atoms with Gasteiger partial charge in [0, 0.05) is 18.2 Å². The molecule has 3 N–H and O–H groups in total. The van der Waals surface area contributed by atoms with Crippen LogP contribution in [0.25, 0.3) is 0 Å². The van der Waals surface area contributed by atoms with E-state index in [0.29, 0.717) is 31.1 Å². The van der Waals surface area contributed by atoms with Crippen molar-refractivity contribution in [2.75, 3.05) is 13.2 Å². The summed E-state index contributed by atoms with van der Waals surface area (Å²) in [6.07, 6.45) is 1.10. The molecule has 0 aliphatic carbocycles. The fraction of sp³-hybridized carbons (Fsp3) is 0.500. The second-order valence-electron chi connectivity index (χ2n) is 4.99. The Balaban J connectivity index is 2.04. The summed E-state index contributed by atoms with van der Waals surface area (Å²) in [6.45, 7) is 2.97. The molecule has 1 heterocycles. The first-order valence-corrected chi connectivity index (χ1v) is 6.83. The number of ether oxygens (including phenoxy) is 1. The second-order valence-corrected chi connectivity index (χ2v) is 5.39. The summed E-state index contributed by atoms with van der Waals surface area (Å²) in [4.78, 5) is 12.3. The van der Waals surface area contributed by atoms with Crippen LogP contribution < -0.4 is 11.1 Å². The van der Waals surface area contributed by atoms with Crippen molar-refractivity contribution in [3.05, 3.63) is 34.9 Å². The summed E-state index contributed by atoms with van der Waals surface area (Å²) in [5.41, 5.74) is 6.21. The van der Waals surface area contributed by atoms with Crippen molar-refractivity contribution in [2.24, 2.45) is 5.73 Å². The Bertz CT molecular complexity index is 459. The van der Waals surface area contributed by atoms with Crippen molar-refractivity contribution in [3.63, 3.8) is 0 Å². The number of hydrogen-bond donors (Lipinski definition) is 2. The van der Waals surface area contributed by atoms with Crippen LogP contribution in [0.1, 0.15) is 31.4 Å². The van der Waals surface area contributed by atoms with Crippen molar-refractivity contribution in [2.45, 2.75) is 31.3 Å². The molecule has 104 valence electrons. The SMILES string of the molecule is C[C@H](NC(=O)C1(N)CCOCC1)c1ccccc1Cl. The van der Waals surface area contributed by atoms with E-state index in [2.05, 4.69) is 5.32 Å². The minimum absolute atomic E-state index is 0.136. The average molecular weight is 283 g/mol. The Hall–Kier alpha value is -1.10. The topological polar surface area (TPSA) is 64.4 Å². The Labute approximate surface area is 118 Å². The highest BCUT2D eigenvalue weighted by atomic mass is 35.5. The average Bonchev–Trinajstić information content (AvgIpc) is 2.40. The summed E-state index contributed by atoms with van der Waals surface area (Å²) in [6, 6.07) is 7.32. The van der Waals surface area contributed by atoms with Gasteiger partial charge in [0.05, 0.1) is 11.6 Å². The first-order chi connectivity index (χ1) is 9.03. The molecule has 5 heteroatoms. The summed E-state index contributed by atoms with van der Waals surface area (Å²) in [7, 11) is 0. The van der Waals surface area contributed by atoms with Crippen LogP contribution in [0.5, 0.6) is 0 Å². The number of benzene rings is 1. The number of carbonyl (C=O) groups excluding carboxylic acids is 1. The zero-order valence-electron chi connectivity index (χ0n) is 11.0. The molecule has 1 atom stereocenters. The predicted molar refractivity (Wildman–Crippen MR) is 75.0 cm³/mol. The van der Waals surface area contributed by atoms with E-state index in [4.69, 9.17) is 22.1 Å². The quantitative estimate of drug-likeness (QED) is 0.891. The minimum Gasteiger partial charge on any atom is -0.381 e. The first-order valence-electron chi connectivity index (χ1n) is 6.45. The highest BCUT2D eigenvalue weighted by Crippen LogP contribution is 2.24. The summed E-state index contributed by atoms with van der Waals surface area (Å²) in [5, 5.41) is 3.59. The van der Waals surface area contributed by atoms with Crippen LogP contribution in [0.3, 0.4) is 0 Å². The Morgan fingerprint density at radius 1 is 1.42 bits per heavy atom. The van der Waals surface area contributed by atoms with Gasteiger partial charge in [0.1, 0.15) is 0 Å². The Morgan fingerprint density at radius 3 is 2.68 bits per heavy atom. The molecule has 1 fully saturated rings. The van der Waals surface area contributed by atoms with Crippen LogP contribution in [0.4, 0.5) is 0 Å². The molecule has 19 heavy (non-hydrogen) atoms. The number of hydrogen-bond acceptors (Lipinski definition) is 3. The highest BCUT2D eigenvalue weighted by molar-refractivity contribution is 6.31. The summed E-state index contributed by atoms with van der Waals surface area (Å²) in [5.74, 6) is -0.136. The molecule has 4 nitrogen and oxygen atoms in total. The van der Waals surface area contributed by atoms with E-state index in [-0.39, 0.29) is 11.9 Å². The van der Waals surface area contributed by atoms with E-state index in [1.165, 1.54) is 0 Å². The molecule has 0 saturated carbocycles. The molecule has 2 rings (SSSR count). The molecule has 1 aromatic rings. The van der Waals surface area contributed by atoms with Crippen molar-refractivity contribution >= 4 is 17.5 Å². The molecule has 0 radical (unpaired) electrons.